The Morgan fingerprint density at radius 1 is 1.33 bits per heavy atom. The van der Waals surface area contributed by atoms with Gasteiger partial charge in [-0.15, -0.1) is 0 Å². The van der Waals surface area contributed by atoms with Crippen molar-refractivity contribution in [3.8, 4) is 0 Å². The SMILES string of the molecule is [Li][C]1=Cc2cccc(C)c2C1C. The maximum atomic E-state index is 2.30. The van der Waals surface area contributed by atoms with Gasteiger partial charge in [0.2, 0.25) is 0 Å². The van der Waals surface area contributed by atoms with Crippen molar-refractivity contribution in [3.63, 3.8) is 0 Å². The van der Waals surface area contributed by atoms with Gasteiger partial charge in [-0.3, -0.25) is 0 Å². The Morgan fingerprint density at radius 2 is 2.08 bits per heavy atom. The Kier molecular flexibility index (Phi) is 1.91. The Morgan fingerprint density at radius 3 is 2.75 bits per heavy atom. The molecule has 0 radical (unpaired) electrons. The Balaban J connectivity index is 2.63. The van der Waals surface area contributed by atoms with Crippen LogP contribution >= 0.6 is 0 Å². The van der Waals surface area contributed by atoms with Crippen molar-refractivity contribution in [1.82, 2.24) is 0 Å². The third-order valence-electron chi connectivity index (χ3n) is 2.86. The van der Waals surface area contributed by atoms with Crippen LogP contribution in [-0.4, -0.2) is 17.7 Å². The van der Waals surface area contributed by atoms with Crippen molar-refractivity contribution in [3.05, 3.63) is 39.1 Å². The van der Waals surface area contributed by atoms with Crippen LogP contribution in [0.2, 0.25) is 0 Å². The third kappa shape index (κ3) is 1.07. The predicted octanol–water partition coefficient (Wildman–Crippen LogP) is 2.62. The van der Waals surface area contributed by atoms with Crippen LogP contribution in [0.15, 0.2) is 22.4 Å². The van der Waals surface area contributed by atoms with Gasteiger partial charge in [-0.25, -0.2) is 0 Å². The van der Waals surface area contributed by atoms with Crippen molar-refractivity contribution in [2.45, 2.75) is 19.8 Å². The molecule has 1 aromatic rings. The van der Waals surface area contributed by atoms with Gasteiger partial charge >= 0.3 is 82.7 Å². The van der Waals surface area contributed by atoms with Crippen molar-refractivity contribution in [2.75, 3.05) is 0 Å². The van der Waals surface area contributed by atoms with E-state index in [1.54, 1.807) is 0 Å². The van der Waals surface area contributed by atoms with Crippen LogP contribution < -0.4 is 0 Å². The molecule has 0 spiro atoms. The number of allylic oxidation sites excluding steroid dienone is 1. The fourth-order valence-corrected chi connectivity index (χ4v) is 2.02. The topological polar surface area (TPSA) is 0 Å². The number of hydrogen-bond donors (Lipinski definition) is 0. The zero-order chi connectivity index (χ0) is 8.72. The van der Waals surface area contributed by atoms with Crippen LogP contribution in [0.4, 0.5) is 0 Å². The molecular weight excluding hydrogens is 139 g/mol. The average Bonchev–Trinajstić information content (AvgIpc) is 2.29. The van der Waals surface area contributed by atoms with Crippen LogP contribution in [0.3, 0.4) is 0 Å². The number of benzene rings is 1. The number of fused-ring (bicyclic) bond motifs is 1. The number of hydrogen-bond acceptors (Lipinski definition) is 0. The van der Waals surface area contributed by atoms with Gasteiger partial charge in [0.05, 0.1) is 0 Å². The molecule has 0 N–H and O–H groups in total. The van der Waals surface area contributed by atoms with Crippen molar-refractivity contribution >= 4 is 23.8 Å². The minimum absolute atomic E-state index is 0.626. The summed E-state index contributed by atoms with van der Waals surface area (Å²) in [6, 6.07) is 6.53. The van der Waals surface area contributed by atoms with Crippen molar-refractivity contribution in [2.24, 2.45) is 0 Å². The first kappa shape index (κ1) is 8.17. The zero-order valence-corrected chi connectivity index (χ0v) is 7.89. The molecule has 0 aliphatic heterocycles. The van der Waals surface area contributed by atoms with Gasteiger partial charge in [0, 0.05) is 0 Å². The average molecular weight is 150 g/mol. The minimum atomic E-state index is 0.626. The van der Waals surface area contributed by atoms with E-state index in [0.29, 0.717) is 5.92 Å². The molecule has 0 amide bonds. The molecule has 1 heteroatoms. The second kappa shape index (κ2) is 2.80. The van der Waals surface area contributed by atoms with Crippen LogP contribution in [-0.2, 0) is 0 Å². The Bertz CT molecular complexity index is 350. The van der Waals surface area contributed by atoms with E-state index >= 15 is 0 Å². The Hall–Kier alpha value is -0.443. The molecule has 56 valence electrons. The molecule has 0 saturated carbocycles. The summed E-state index contributed by atoms with van der Waals surface area (Å²) in [5.74, 6) is 0.626. The summed E-state index contributed by atoms with van der Waals surface area (Å²) in [6.07, 6.45) is 2.30. The molecule has 1 unspecified atom stereocenters. The van der Waals surface area contributed by atoms with E-state index in [1.807, 2.05) is 0 Å². The molecule has 0 aromatic heterocycles. The second-order valence-electron chi connectivity index (χ2n) is 3.69. The van der Waals surface area contributed by atoms with E-state index in [1.165, 1.54) is 20.9 Å². The monoisotopic (exact) mass is 150 g/mol. The second-order valence-corrected chi connectivity index (χ2v) is 3.69. The van der Waals surface area contributed by atoms with Crippen LogP contribution in [0.25, 0.3) is 6.08 Å². The van der Waals surface area contributed by atoms with Crippen molar-refractivity contribution in [1.29, 1.82) is 0 Å². The quantitative estimate of drug-likeness (QED) is 0.499. The molecule has 2 rings (SSSR count). The van der Waals surface area contributed by atoms with E-state index in [0.717, 1.165) is 0 Å². The van der Waals surface area contributed by atoms with Gasteiger partial charge < -0.3 is 0 Å². The van der Waals surface area contributed by atoms with Gasteiger partial charge in [-0.2, -0.15) is 0 Å². The number of aryl methyl sites for hydroxylation is 1. The summed E-state index contributed by atoms with van der Waals surface area (Å²) in [4.78, 5) is 0. The zero-order valence-electron chi connectivity index (χ0n) is 7.89. The molecular formula is C11H11Li. The van der Waals surface area contributed by atoms with E-state index in [2.05, 4.69) is 55.8 Å². The predicted molar refractivity (Wildman–Crippen MR) is 53.3 cm³/mol. The normalized spacial score (nSPS) is 20.7. The molecule has 0 saturated heterocycles. The third-order valence-corrected chi connectivity index (χ3v) is 2.86. The van der Waals surface area contributed by atoms with E-state index in [4.69, 9.17) is 0 Å². The molecule has 1 aliphatic rings. The van der Waals surface area contributed by atoms with Crippen LogP contribution in [0, 0.1) is 6.92 Å². The van der Waals surface area contributed by atoms with Crippen LogP contribution in [0.1, 0.15) is 29.5 Å². The molecule has 1 aliphatic carbocycles. The molecule has 12 heavy (non-hydrogen) atoms. The molecule has 1 atom stereocenters. The van der Waals surface area contributed by atoms with E-state index in [9.17, 15) is 0 Å². The van der Waals surface area contributed by atoms with E-state index in [-0.39, 0.29) is 0 Å². The summed E-state index contributed by atoms with van der Waals surface area (Å²) in [5.41, 5.74) is 4.36. The van der Waals surface area contributed by atoms with Gasteiger partial charge in [-0.1, -0.05) is 0 Å². The molecule has 0 bridgehead atoms. The van der Waals surface area contributed by atoms with Gasteiger partial charge in [-0.05, 0) is 0 Å². The molecule has 0 nitrogen and oxygen atoms in total. The first-order chi connectivity index (χ1) is 5.70. The summed E-state index contributed by atoms with van der Waals surface area (Å²) < 4.78 is 1.49. The summed E-state index contributed by atoms with van der Waals surface area (Å²) >= 11 is 2.21. The molecule has 0 heterocycles. The Labute approximate surface area is 82.9 Å². The molecule has 0 fully saturated rings. The maximum absolute atomic E-state index is 2.30. The fourth-order valence-electron chi connectivity index (χ4n) is 2.02. The fraction of sp³-hybridized carbons (Fsp3) is 0.273. The molecule has 1 aromatic carbocycles. The van der Waals surface area contributed by atoms with Crippen LogP contribution in [0.5, 0.6) is 0 Å². The first-order valence-corrected chi connectivity index (χ1v) is 4.48. The van der Waals surface area contributed by atoms with Gasteiger partial charge in [0.15, 0.2) is 0 Å². The van der Waals surface area contributed by atoms with Gasteiger partial charge in [0.1, 0.15) is 0 Å². The number of rotatable bonds is 0. The summed E-state index contributed by atoms with van der Waals surface area (Å²) in [5, 5.41) is 0. The summed E-state index contributed by atoms with van der Waals surface area (Å²) in [7, 11) is 0. The van der Waals surface area contributed by atoms with Crippen molar-refractivity contribution < 1.29 is 0 Å². The van der Waals surface area contributed by atoms with Gasteiger partial charge in [0.25, 0.3) is 0 Å². The first-order valence-electron chi connectivity index (χ1n) is 4.48. The van der Waals surface area contributed by atoms with E-state index < -0.39 is 0 Å². The summed E-state index contributed by atoms with van der Waals surface area (Å²) in [6.45, 7) is 4.48. The standard InChI is InChI=1S/C11H11.Li/c1-8-4-3-5-10-7-6-9(2)11(8)10;/h3-5,7,9H,1-2H3;.